The highest BCUT2D eigenvalue weighted by Gasteiger charge is 2.69. The summed E-state index contributed by atoms with van der Waals surface area (Å²) in [5, 5.41) is 0. The standard InChI is InChI=1S/C51H56F6O10/c1-9-31-28-47-41(62-6)38(42(59)67-47)40(58)46(5)32(18-16-17-25-45(47,4)27-29(31)2)23-24-35-36(46)26-37(65-43(60)48(63-7,50(52,53)54)33-19-12-10-13-20-33)30(3)39(35)66-44(61)49(64-8,51(55,56)57)34-21-14-11-15-22-34/h10-17,19-24,27,30-32,35-37,39H,9,18,25-26,28H2,1-8H3/b17-16+/t30-,31+,32+,35-,36+,37-,39-,45+,46+,47+,48-,49-/m0/s1. The summed E-state index contributed by atoms with van der Waals surface area (Å²) in [6, 6.07) is 12.1. The summed E-state index contributed by atoms with van der Waals surface area (Å²) in [4.78, 5) is 59.2. The number of carbonyl (C=O) groups excluding carboxylic acids is 4. The van der Waals surface area contributed by atoms with Crippen LogP contribution in [0.25, 0.3) is 0 Å². The van der Waals surface area contributed by atoms with E-state index in [-0.39, 0.29) is 30.1 Å². The second-order valence-corrected chi connectivity index (χ2v) is 18.8. The lowest BCUT2D eigenvalue weighted by Crippen LogP contribution is -2.61. The third-order valence-corrected chi connectivity index (χ3v) is 15.6. The third-order valence-electron chi connectivity index (χ3n) is 15.6. The van der Waals surface area contributed by atoms with E-state index in [0.717, 1.165) is 29.8 Å². The smallest absolute Gasteiger partial charge is 0.432 e. The zero-order valence-corrected chi connectivity index (χ0v) is 38.6. The Kier molecular flexibility index (Phi) is 13.1. The quantitative estimate of drug-likeness (QED) is 0.0748. The van der Waals surface area contributed by atoms with E-state index in [9.17, 15) is 14.4 Å². The number of ether oxygens (including phenoxy) is 6. The van der Waals surface area contributed by atoms with Crippen LogP contribution in [-0.2, 0) is 58.8 Å². The van der Waals surface area contributed by atoms with Crippen LogP contribution in [0.5, 0.6) is 0 Å². The van der Waals surface area contributed by atoms with Crippen molar-refractivity contribution in [1.29, 1.82) is 0 Å². The van der Waals surface area contributed by atoms with E-state index in [1.54, 1.807) is 19.1 Å². The fraction of sp³-hybridized carbons (Fsp3) is 0.529. The molecule has 1 fully saturated rings. The van der Waals surface area contributed by atoms with E-state index in [2.05, 4.69) is 6.08 Å². The Morgan fingerprint density at radius 1 is 0.806 bits per heavy atom. The van der Waals surface area contributed by atoms with Gasteiger partial charge in [-0.25, -0.2) is 14.4 Å². The second kappa shape index (κ2) is 17.7. The summed E-state index contributed by atoms with van der Waals surface area (Å²) in [5.41, 5.74) is -12.0. The van der Waals surface area contributed by atoms with Crippen molar-refractivity contribution >= 4 is 23.7 Å². The van der Waals surface area contributed by atoms with Crippen molar-refractivity contribution in [3.63, 3.8) is 0 Å². The van der Waals surface area contributed by atoms with Gasteiger partial charge in [-0.3, -0.25) is 4.79 Å². The van der Waals surface area contributed by atoms with E-state index in [1.165, 1.54) is 50.4 Å². The first-order valence-electron chi connectivity index (χ1n) is 22.4. The Morgan fingerprint density at radius 2 is 1.36 bits per heavy atom. The van der Waals surface area contributed by atoms with Crippen molar-refractivity contribution in [2.24, 2.45) is 40.4 Å². The number of carbonyl (C=O) groups is 4. The third kappa shape index (κ3) is 7.46. The molecule has 16 heteroatoms. The maximum absolute atomic E-state index is 15.8. The molecule has 0 radical (unpaired) electrons. The summed E-state index contributed by atoms with van der Waals surface area (Å²) < 4.78 is 126. The van der Waals surface area contributed by atoms with Crippen molar-refractivity contribution in [3.05, 3.63) is 119 Å². The molecule has 1 spiro atoms. The fourth-order valence-corrected chi connectivity index (χ4v) is 11.8. The van der Waals surface area contributed by atoms with Crippen LogP contribution >= 0.6 is 0 Å². The van der Waals surface area contributed by atoms with E-state index < -0.39 is 111 Å². The van der Waals surface area contributed by atoms with Gasteiger partial charge in [0.1, 0.15) is 17.8 Å². The number of alkyl halides is 6. The van der Waals surface area contributed by atoms with Gasteiger partial charge in [0.2, 0.25) is 0 Å². The minimum Gasteiger partial charge on any atom is -0.496 e. The molecule has 1 heterocycles. The number of halogens is 6. The molecule has 2 bridgehead atoms. The summed E-state index contributed by atoms with van der Waals surface area (Å²) in [6.07, 6.45) is -3.80. The molecule has 0 unspecified atom stereocenters. The minimum absolute atomic E-state index is 0.0135. The van der Waals surface area contributed by atoms with Crippen LogP contribution in [0.2, 0.25) is 0 Å². The SMILES string of the molecule is CC[C@@H]1C[C@@]23OC(=O)C(=C2OC)C(=O)[C@@]2(C)[C@@H]4C[C@H](OC(=O)[C@@](OC)(c5ccccc5)C(F)(F)F)[C@H](C)[C@H](OC(=O)[C@@](OC)(c5ccccc5)C(F)(F)F)[C@H]4C=C[C@H]2C/C=C/C[C@]3(C)C=C1C. The molecule has 4 aliphatic carbocycles. The second-order valence-electron chi connectivity index (χ2n) is 18.8. The Balaban J connectivity index is 1.42. The van der Waals surface area contributed by atoms with E-state index in [0.29, 0.717) is 33.5 Å². The lowest BCUT2D eigenvalue weighted by atomic mass is 9.51. The van der Waals surface area contributed by atoms with E-state index in [4.69, 9.17) is 28.4 Å². The molecule has 1 aliphatic heterocycles. The summed E-state index contributed by atoms with van der Waals surface area (Å²) in [7, 11) is 2.72. The van der Waals surface area contributed by atoms with Crippen LogP contribution in [-0.4, -0.2) is 75.2 Å². The van der Waals surface area contributed by atoms with Crippen LogP contribution in [0.15, 0.2) is 108 Å². The highest BCUT2D eigenvalue weighted by Crippen LogP contribution is 2.61. The van der Waals surface area contributed by atoms with Crippen molar-refractivity contribution in [2.75, 3.05) is 21.3 Å². The Morgan fingerprint density at radius 3 is 1.87 bits per heavy atom. The molecule has 10 nitrogen and oxygen atoms in total. The molecular formula is C51H56F6O10. The van der Waals surface area contributed by atoms with E-state index in [1.807, 2.05) is 32.9 Å². The summed E-state index contributed by atoms with van der Waals surface area (Å²) in [5.74, 6) is -9.94. The van der Waals surface area contributed by atoms with Crippen molar-refractivity contribution in [3.8, 4) is 0 Å². The van der Waals surface area contributed by atoms with E-state index >= 15 is 31.1 Å². The van der Waals surface area contributed by atoms with Gasteiger partial charge in [-0.1, -0.05) is 124 Å². The first kappa shape index (κ1) is 49.7. The van der Waals surface area contributed by atoms with Gasteiger partial charge in [0.15, 0.2) is 17.1 Å². The Labute approximate surface area is 385 Å². The maximum Gasteiger partial charge on any atom is 0.432 e. The average molecular weight is 943 g/mol. The van der Waals surface area contributed by atoms with Gasteiger partial charge in [0.25, 0.3) is 11.2 Å². The van der Waals surface area contributed by atoms with Crippen LogP contribution in [0.3, 0.4) is 0 Å². The van der Waals surface area contributed by atoms with Gasteiger partial charge < -0.3 is 28.4 Å². The van der Waals surface area contributed by atoms with Crippen molar-refractivity contribution < 1.29 is 73.9 Å². The average Bonchev–Trinajstić information content (AvgIpc) is 3.57. The number of allylic oxidation sites excluding steroid dienone is 4. The van der Waals surface area contributed by atoms with Gasteiger partial charge in [-0.05, 0) is 50.4 Å². The van der Waals surface area contributed by atoms with Crippen LogP contribution in [0.4, 0.5) is 26.3 Å². The Bertz CT molecular complexity index is 2380. The number of fused-ring (bicyclic) bond motifs is 3. The van der Waals surface area contributed by atoms with Crippen LogP contribution in [0.1, 0.15) is 77.8 Å². The molecule has 2 aromatic rings. The number of esters is 3. The first-order valence-corrected chi connectivity index (χ1v) is 22.4. The monoisotopic (exact) mass is 942 g/mol. The molecule has 0 saturated heterocycles. The number of hydrogen-bond acceptors (Lipinski definition) is 10. The summed E-state index contributed by atoms with van der Waals surface area (Å²) >= 11 is 0. The molecule has 7 rings (SSSR count). The molecule has 67 heavy (non-hydrogen) atoms. The predicted molar refractivity (Wildman–Crippen MR) is 230 cm³/mol. The van der Waals surface area contributed by atoms with Gasteiger partial charge in [-0.2, -0.15) is 26.3 Å². The molecule has 1 saturated carbocycles. The highest BCUT2D eigenvalue weighted by molar-refractivity contribution is 6.21. The molecule has 362 valence electrons. The number of ketones is 1. The first-order chi connectivity index (χ1) is 31.5. The molecular weight excluding hydrogens is 887 g/mol. The Hall–Kier alpha value is -5.22. The number of rotatable bonds is 10. The number of methoxy groups -OCH3 is 3. The number of hydrogen-bond donors (Lipinski definition) is 0. The normalized spacial score (nSPS) is 34.1. The molecule has 0 aromatic heterocycles. The lowest BCUT2D eigenvalue weighted by molar-refractivity contribution is -0.284. The van der Waals surface area contributed by atoms with Gasteiger partial charge >= 0.3 is 30.3 Å². The lowest BCUT2D eigenvalue weighted by Gasteiger charge is -2.54. The highest BCUT2D eigenvalue weighted by atomic mass is 19.4. The van der Waals surface area contributed by atoms with Gasteiger partial charge in [0, 0.05) is 54.4 Å². The minimum atomic E-state index is -5.42. The zero-order chi connectivity index (χ0) is 49.1. The predicted octanol–water partition coefficient (Wildman–Crippen LogP) is 9.98. The molecule has 0 N–H and O–H groups in total. The van der Waals surface area contributed by atoms with Crippen molar-refractivity contribution in [1.82, 2.24) is 0 Å². The molecule has 5 aliphatic rings. The van der Waals surface area contributed by atoms with Crippen LogP contribution < -0.4 is 0 Å². The van der Waals surface area contributed by atoms with Gasteiger partial charge in [0.05, 0.1) is 7.11 Å². The largest absolute Gasteiger partial charge is 0.496 e. The fourth-order valence-electron chi connectivity index (χ4n) is 11.8. The number of benzene rings is 2. The van der Waals surface area contributed by atoms with Gasteiger partial charge in [-0.15, -0.1) is 0 Å². The molecule has 2 aromatic carbocycles. The van der Waals surface area contributed by atoms with Crippen LogP contribution in [0, 0.1) is 40.4 Å². The zero-order valence-electron chi connectivity index (χ0n) is 38.6. The van der Waals surface area contributed by atoms with Crippen molar-refractivity contribution in [2.45, 2.75) is 108 Å². The topological polar surface area (TPSA) is 124 Å². The maximum atomic E-state index is 15.8. The summed E-state index contributed by atoms with van der Waals surface area (Å²) in [6.45, 7) is 8.88. The number of Topliss-reactive ketones (excluding diaryl/α,β-unsaturated/α-hetero) is 1. The molecule has 0 amide bonds. The molecule has 12 atom stereocenters.